The van der Waals surface area contributed by atoms with Gasteiger partial charge in [-0.15, -0.1) is 0 Å². The molecule has 0 aliphatic heterocycles. The van der Waals surface area contributed by atoms with Gasteiger partial charge in [-0.05, 0) is 57.9 Å². The Morgan fingerprint density at radius 3 is 2.29 bits per heavy atom. The summed E-state index contributed by atoms with van der Waals surface area (Å²) < 4.78 is 28.4. The molecule has 0 amide bonds. The quantitative estimate of drug-likeness (QED) is 0.586. The van der Waals surface area contributed by atoms with Crippen molar-refractivity contribution in [1.29, 1.82) is 0 Å². The molecule has 21 heavy (non-hydrogen) atoms. The van der Waals surface area contributed by atoms with Gasteiger partial charge < -0.3 is 5.11 Å². The minimum absolute atomic E-state index is 0.182. The Balaban J connectivity index is 2.02. The van der Waals surface area contributed by atoms with Crippen molar-refractivity contribution in [2.45, 2.75) is 56.1 Å². The maximum absolute atomic E-state index is 12.6. The van der Waals surface area contributed by atoms with Gasteiger partial charge in [0.15, 0.2) is 0 Å². The average Bonchev–Trinajstić information content (AvgIpc) is 2.41. The third-order valence-corrected chi connectivity index (χ3v) is 9.54. The van der Waals surface area contributed by atoms with Gasteiger partial charge in [0.25, 0.3) is 0 Å². The largest absolute Gasteiger partial charge is 0.390 e. The van der Waals surface area contributed by atoms with Crippen molar-refractivity contribution in [2.75, 3.05) is 6.26 Å². The normalized spacial score (nSPS) is 29.1. The molecule has 0 radical (unpaired) electrons. The Morgan fingerprint density at radius 1 is 1.24 bits per heavy atom. The van der Waals surface area contributed by atoms with Crippen LogP contribution < -0.4 is 4.72 Å². The zero-order chi connectivity index (χ0) is 15.7. The van der Waals surface area contributed by atoms with Gasteiger partial charge in [0.05, 0.1) is 10.5 Å². The van der Waals surface area contributed by atoms with E-state index >= 15 is 0 Å². The van der Waals surface area contributed by atoms with Crippen LogP contribution in [0.4, 0.5) is 0 Å². The molecule has 1 aliphatic rings. The molecule has 0 heterocycles. The standard InChI is InChI=1S/C15H25NO3S2/c1-12-4-6-14(7-5-12)21(18,19)20(3)16-13-8-10-15(2,17)11-9-13/h4-7,13,16-17,20H,8-11H2,1-3H3/t13-,15+. The Labute approximate surface area is 129 Å². The molecule has 1 aromatic rings. The van der Waals surface area contributed by atoms with Gasteiger partial charge in [-0.25, -0.2) is 8.42 Å². The highest BCUT2D eigenvalue weighted by molar-refractivity contribution is 8.79. The molecule has 1 saturated carbocycles. The van der Waals surface area contributed by atoms with Gasteiger partial charge in [0.2, 0.25) is 8.87 Å². The summed E-state index contributed by atoms with van der Waals surface area (Å²) in [6.45, 7) is 3.79. The predicted molar refractivity (Wildman–Crippen MR) is 89.3 cm³/mol. The van der Waals surface area contributed by atoms with E-state index in [1.165, 1.54) is 0 Å². The molecule has 0 spiro atoms. The monoisotopic (exact) mass is 331 g/mol. The van der Waals surface area contributed by atoms with Gasteiger partial charge in [-0.2, -0.15) is 0 Å². The molecule has 0 saturated heterocycles. The van der Waals surface area contributed by atoms with E-state index in [1.54, 1.807) is 18.4 Å². The van der Waals surface area contributed by atoms with Crippen LogP contribution in [-0.2, 0) is 8.87 Å². The second-order valence-electron chi connectivity index (χ2n) is 6.19. The number of rotatable bonds is 4. The first-order valence-electron chi connectivity index (χ1n) is 7.25. The highest BCUT2D eigenvalue weighted by Gasteiger charge is 2.30. The van der Waals surface area contributed by atoms with E-state index in [4.69, 9.17) is 0 Å². The van der Waals surface area contributed by atoms with Crippen LogP contribution in [0.5, 0.6) is 0 Å². The molecule has 120 valence electrons. The average molecular weight is 332 g/mol. The van der Waals surface area contributed by atoms with E-state index < -0.39 is 24.6 Å². The van der Waals surface area contributed by atoms with Crippen molar-refractivity contribution in [3.8, 4) is 0 Å². The maximum Gasteiger partial charge on any atom is 0.221 e. The molecule has 4 nitrogen and oxygen atoms in total. The van der Waals surface area contributed by atoms with Gasteiger partial charge in [0.1, 0.15) is 0 Å². The Kier molecular flexibility index (Phi) is 5.03. The molecular weight excluding hydrogens is 306 g/mol. The summed E-state index contributed by atoms with van der Waals surface area (Å²) in [7, 11) is -4.62. The summed E-state index contributed by atoms with van der Waals surface area (Å²) in [5, 5.41) is 9.95. The van der Waals surface area contributed by atoms with E-state index in [9.17, 15) is 13.5 Å². The fraction of sp³-hybridized carbons (Fsp3) is 0.600. The molecule has 1 aliphatic carbocycles. The molecule has 0 aromatic heterocycles. The summed E-state index contributed by atoms with van der Waals surface area (Å²) in [6, 6.07) is 7.19. The van der Waals surface area contributed by atoms with Crippen LogP contribution in [0.2, 0.25) is 0 Å². The summed E-state index contributed by atoms with van der Waals surface area (Å²) in [5.41, 5.74) is 0.460. The van der Waals surface area contributed by atoms with Crippen LogP contribution in [0.15, 0.2) is 29.2 Å². The predicted octanol–water partition coefficient (Wildman–Crippen LogP) is 2.51. The molecular formula is C15H25NO3S2. The topological polar surface area (TPSA) is 66.4 Å². The number of hydrogen-bond donors (Lipinski definition) is 3. The van der Waals surface area contributed by atoms with Crippen LogP contribution in [-0.4, -0.2) is 31.4 Å². The number of aliphatic hydroxyl groups is 1. The number of thiol groups is 1. The van der Waals surface area contributed by atoms with E-state index in [0.29, 0.717) is 4.90 Å². The molecule has 1 fully saturated rings. The lowest BCUT2D eigenvalue weighted by atomic mass is 9.84. The zero-order valence-electron chi connectivity index (χ0n) is 12.8. The Hall–Kier alpha value is -0.560. The number of hydrogen-bond acceptors (Lipinski definition) is 4. The first-order valence-corrected chi connectivity index (χ1v) is 11.1. The lowest BCUT2D eigenvalue weighted by molar-refractivity contribution is 0.0166. The molecule has 0 bridgehead atoms. The van der Waals surface area contributed by atoms with Crippen LogP contribution in [0, 0.1) is 6.92 Å². The SMILES string of the molecule is Cc1ccc(S(=O)(=O)[SH](C)N[C@H]2CC[C@@](C)(O)CC2)cc1. The number of benzene rings is 1. The van der Waals surface area contributed by atoms with Crippen molar-refractivity contribution in [2.24, 2.45) is 0 Å². The third-order valence-electron chi connectivity index (χ3n) is 4.11. The smallest absolute Gasteiger partial charge is 0.221 e. The summed E-state index contributed by atoms with van der Waals surface area (Å²) >= 11 is 0. The zero-order valence-corrected chi connectivity index (χ0v) is 14.5. The number of aryl methyl sites for hydroxylation is 1. The molecule has 1 unspecified atom stereocenters. The lowest BCUT2D eigenvalue weighted by Gasteiger charge is -2.35. The highest BCUT2D eigenvalue weighted by Crippen LogP contribution is 2.36. The third kappa shape index (κ3) is 4.22. The second-order valence-corrected chi connectivity index (χ2v) is 11.9. The summed E-state index contributed by atoms with van der Waals surface area (Å²) in [5.74, 6) is 0. The van der Waals surface area contributed by atoms with Crippen molar-refractivity contribution in [3.05, 3.63) is 29.8 Å². The van der Waals surface area contributed by atoms with Crippen LogP contribution >= 0.6 is 10.1 Å². The Morgan fingerprint density at radius 2 is 1.76 bits per heavy atom. The van der Waals surface area contributed by atoms with E-state index in [-0.39, 0.29) is 6.04 Å². The molecule has 1 aromatic carbocycles. The Bertz CT molecular complexity index is 571. The summed E-state index contributed by atoms with van der Waals surface area (Å²) in [4.78, 5) is 0.386. The van der Waals surface area contributed by atoms with Crippen LogP contribution in [0.25, 0.3) is 0 Å². The van der Waals surface area contributed by atoms with Gasteiger partial charge in [-0.1, -0.05) is 27.8 Å². The van der Waals surface area contributed by atoms with E-state index in [2.05, 4.69) is 4.72 Å². The molecule has 1 atom stereocenters. The van der Waals surface area contributed by atoms with Crippen LogP contribution in [0.1, 0.15) is 38.2 Å². The molecule has 2 rings (SSSR count). The first-order chi connectivity index (χ1) is 9.71. The van der Waals surface area contributed by atoms with Crippen molar-refractivity contribution >= 4 is 19.0 Å². The molecule has 2 N–H and O–H groups in total. The van der Waals surface area contributed by atoms with Gasteiger partial charge >= 0.3 is 0 Å². The van der Waals surface area contributed by atoms with Crippen molar-refractivity contribution < 1.29 is 13.5 Å². The minimum atomic E-state index is -3.29. The molecule has 6 heteroatoms. The minimum Gasteiger partial charge on any atom is -0.390 e. The fourth-order valence-electron chi connectivity index (χ4n) is 2.56. The van der Waals surface area contributed by atoms with Crippen LogP contribution in [0.3, 0.4) is 0 Å². The van der Waals surface area contributed by atoms with Crippen molar-refractivity contribution in [3.63, 3.8) is 0 Å². The fourth-order valence-corrected chi connectivity index (χ4v) is 6.45. The summed E-state index contributed by atoms with van der Waals surface area (Å²) in [6.07, 6.45) is 4.85. The maximum atomic E-state index is 12.6. The number of nitrogens with one attached hydrogen (secondary N) is 1. The lowest BCUT2D eigenvalue weighted by Crippen LogP contribution is -2.39. The second kappa shape index (κ2) is 6.28. The highest BCUT2D eigenvalue weighted by atomic mass is 33.2. The van der Waals surface area contributed by atoms with Gasteiger partial charge in [-0.3, -0.25) is 4.72 Å². The van der Waals surface area contributed by atoms with Gasteiger partial charge in [0, 0.05) is 6.04 Å². The first kappa shape index (κ1) is 16.8. The van der Waals surface area contributed by atoms with E-state index in [1.807, 2.05) is 26.0 Å². The van der Waals surface area contributed by atoms with E-state index in [0.717, 1.165) is 31.2 Å². The van der Waals surface area contributed by atoms with Crippen molar-refractivity contribution in [1.82, 2.24) is 4.72 Å².